The number of nitrogens with zero attached hydrogens (tertiary/aromatic N) is 3. The number of carbonyl (C=O) groups is 1. The molecule has 2 fully saturated rings. The van der Waals surface area contributed by atoms with Gasteiger partial charge in [-0.3, -0.25) is 4.90 Å². The van der Waals surface area contributed by atoms with Crippen LogP contribution in [0.1, 0.15) is 24.3 Å². The Bertz CT molecular complexity index is 726. The second-order valence-electron chi connectivity index (χ2n) is 6.51. The first-order chi connectivity index (χ1) is 11.7. The fourth-order valence-electron chi connectivity index (χ4n) is 3.54. The molecule has 2 saturated heterocycles. The Balaban J connectivity index is 1.40. The number of nitrogens with one attached hydrogen (secondary N) is 1. The Kier molecular flexibility index (Phi) is 4.28. The largest absolute Gasteiger partial charge is 0.459 e. The van der Waals surface area contributed by atoms with Gasteiger partial charge < -0.3 is 14.6 Å². The Morgan fingerprint density at radius 2 is 2.33 bits per heavy atom. The number of rotatable bonds is 4. The second kappa shape index (κ2) is 6.57. The maximum Gasteiger partial charge on any atom is 0.317 e. The van der Waals surface area contributed by atoms with Gasteiger partial charge in [-0.2, -0.15) is 0 Å². The van der Waals surface area contributed by atoms with Gasteiger partial charge in [-0.25, -0.2) is 9.78 Å². The fraction of sp³-hybridized carbons (Fsp3) is 0.529. The fourth-order valence-corrected chi connectivity index (χ4v) is 4.31. The van der Waals surface area contributed by atoms with Crippen molar-refractivity contribution >= 4 is 17.4 Å². The maximum atomic E-state index is 11.9. The first kappa shape index (κ1) is 15.7. The van der Waals surface area contributed by atoms with E-state index in [2.05, 4.69) is 15.6 Å². The minimum Gasteiger partial charge on any atom is -0.459 e. The summed E-state index contributed by atoms with van der Waals surface area (Å²) in [6.45, 7) is 6.38. The second-order valence-corrected chi connectivity index (χ2v) is 7.37. The van der Waals surface area contributed by atoms with Crippen LogP contribution in [0.2, 0.25) is 0 Å². The summed E-state index contributed by atoms with van der Waals surface area (Å²) in [5, 5.41) is 5.95. The zero-order chi connectivity index (χ0) is 16.5. The molecule has 0 aromatic carbocycles. The summed E-state index contributed by atoms with van der Waals surface area (Å²) < 4.78 is 5.65. The van der Waals surface area contributed by atoms with Crippen LogP contribution in [0.3, 0.4) is 0 Å². The van der Waals surface area contributed by atoms with Crippen molar-refractivity contribution in [2.45, 2.75) is 32.4 Å². The van der Waals surface area contributed by atoms with Crippen LogP contribution in [0.15, 0.2) is 21.9 Å². The van der Waals surface area contributed by atoms with Crippen molar-refractivity contribution in [1.29, 1.82) is 0 Å². The van der Waals surface area contributed by atoms with Crippen LogP contribution in [-0.4, -0.2) is 53.0 Å². The summed E-state index contributed by atoms with van der Waals surface area (Å²) in [4.78, 5) is 21.0. The van der Waals surface area contributed by atoms with Gasteiger partial charge in [-0.05, 0) is 38.4 Å². The zero-order valence-electron chi connectivity index (χ0n) is 13.8. The van der Waals surface area contributed by atoms with Crippen molar-refractivity contribution in [3.05, 3.63) is 29.0 Å². The molecule has 7 heteroatoms. The predicted octanol–water partition coefficient (Wildman–Crippen LogP) is 2.70. The summed E-state index contributed by atoms with van der Waals surface area (Å²) in [5.41, 5.74) is 1.08. The van der Waals surface area contributed by atoms with Gasteiger partial charge in [0.05, 0.1) is 5.69 Å². The molecular weight excluding hydrogens is 324 g/mol. The number of urea groups is 1. The smallest absolute Gasteiger partial charge is 0.317 e. The van der Waals surface area contributed by atoms with E-state index in [-0.39, 0.29) is 6.03 Å². The molecule has 24 heavy (non-hydrogen) atoms. The Hall–Kier alpha value is -1.86. The number of amides is 2. The number of hydrogen-bond donors (Lipinski definition) is 1. The molecule has 0 spiro atoms. The quantitative estimate of drug-likeness (QED) is 0.925. The van der Waals surface area contributed by atoms with E-state index in [0.717, 1.165) is 67.8 Å². The van der Waals surface area contributed by atoms with Crippen LogP contribution < -0.4 is 5.32 Å². The zero-order valence-corrected chi connectivity index (χ0v) is 14.6. The van der Waals surface area contributed by atoms with Gasteiger partial charge in [0, 0.05) is 37.6 Å². The van der Waals surface area contributed by atoms with E-state index < -0.39 is 0 Å². The molecule has 0 radical (unpaired) electrons. The average Bonchev–Trinajstić information content (AvgIpc) is 3.29. The number of likely N-dealkylation sites (tertiary alicyclic amines) is 1. The highest BCUT2D eigenvalue weighted by Gasteiger charge is 2.31. The van der Waals surface area contributed by atoms with Crippen molar-refractivity contribution < 1.29 is 9.21 Å². The monoisotopic (exact) mass is 346 g/mol. The molecule has 1 atom stereocenters. The number of hydrogen-bond acceptors (Lipinski definition) is 5. The van der Waals surface area contributed by atoms with Crippen molar-refractivity contribution in [3.8, 4) is 10.8 Å². The summed E-state index contributed by atoms with van der Waals surface area (Å²) in [6, 6.07) is 4.35. The van der Waals surface area contributed by atoms with Gasteiger partial charge in [-0.15, -0.1) is 11.3 Å². The number of aromatic nitrogens is 1. The molecule has 1 N–H and O–H groups in total. The number of furan rings is 1. The topological polar surface area (TPSA) is 61.6 Å². The van der Waals surface area contributed by atoms with Gasteiger partial charge in [0.25, 0.3) is 0 Å². The van der Waals surface area contributed by atoms with Gasteiger partial charge in [0.2, 0.25) is 0 Å². The van der Waals surface area contributed by atoms with Crippen molar-refractivity contribution in [1.82, 2.24) is 20.1 Å². The molecule has 2 amide bonds. The van der Waals surface area contributed by atoms with Crippen LogP contribution >= 0.6 is 11.3 Å². The first-order valence-electron chi connectivity index (χ1n) is 8.47. The third-order valence-corrected chi connectivity index (χ3v) is 5.61. The third kappa shape index (κ3) is 3.18. The SMILES string of the molecule is Cc1ccc(-c2nc(CN3CCCC(N4CCNC4=O)C3)cs2)o1. The molecule has 2 aromatic rings. The molecule has 0 saturated carbocycles. The molecular formula is C17H22N4O2S. The minimum atomic E-state index is 0.0889. The predicted molar refractivity (Wildman–Crippen MR) is 93.0 cm³/mol. The standard InChI is InChI=1S/C17H22N4O2S/c1-12-4-5-15(23-12)16-19-13(11-24-16)9-20-7-2-3-14(10-20)21-8-6-18-17(21)22/h4-5,11,14H,2-3,6-10H2,1H3,(H,18,22). The molecule has 0 bridgehead atoms. The van der Waals surface area contributed by atoms with E-state index in [4.69, 9.17) is 9.40 Å². The highest BCUT2D eigenvalue weighted by molar-refractivity contribution is 7.13. The lowest BCUT2D eigenvalue weighted by atomic mass is 10.0. The third-order valence-electron chi connectivity index (χ3n) is 4.70. The highest BCUT2D eigenvalue weighted by Crippen LogP contribution is 2.27. The van der Waals surface area contributed by atoms with Crippen LogP contribution in [-0.2, 0) is 6.54 Å². The van der Waals surface area contributed by atoms with Crippen LogP contribution in [0, 0.1) is 6.92 Å². The van der Waals surface area contributed by atoms with Crippen LogP contribution in [0.25, 0.3) is 10.8 Å². The Morgan fingerprint density at radius 3 is 3.08 bits per heavy atom. The van der Waals surface area contributed by atoms with E-state index in [0.29, 0.717) is 6.04 Å². The van der Waals surface area contributed by atoms with E-state index in [9.17, 15) is 4.79 Å². The normalized spacial score (nSPS) is 22.1. The molecule has 0 aliphatic carbocycles. The molecule has 4 rings (SSSR count). The molecule has 1 unspecified atom stereocenters. The van der Waals surface area contributed by atoms with Crippen molar-refractivity contribution in [2.24, 2.45) is 0 Å². The van der Waals surface area contributed by atoms with Gasteiger partial charge in [0.1, 0.15) is 5.76 Å². The summed E-state index contributed by atoms with van der Waals surface area (Å²) in [7, 11) is 0. The number of thiazole rings is 1. The lowest BCUT2D eigenvalue weighted by Crippen LogP contribution is -2.48. The maximum absolute atomic E-state index is 11.9. The first-order valence-corrected chi connectivity index (χ1v) is 9.35. The van der Waals surface area contributed by atoms with Crippen molar-refractivity contribution in [2.75, 3.05) is 26.2 Å². The molecule has 2 aromatic heterocycles. The highest BCUT2D eigenvalue weighted by atomic mass is 32.1. The van der Waals surface area contributed by atoms with Gasteiger partial charge in [0.15, 0.2) is 10.8 Å². The lowest BCUT2D eigenvalue weighted by Gasteiger charge is -2.36. The van der Waals surface area contributed by atoms with E-state index in [1.807, 2.05) is 24.0 Å². The molecule has 6 nitrogen and oxygen atoms in total. The van der Waals surface area contributed by atoms with Crippen LogP contribution in [0.5, 0.6) is 0 Å². The number of piperidine rings is 1. The Labute approximate surface area is 145 Å². The van der Waals surface area contributed by atoms with Gasteiger partial charge in [-0.1, -0.05) is 0 Å². The summed E-state index contributed by atoms with van der Waals surface area (Å²) in [6.07, 6.45) is 2.22. The van der Waals surface area contributed by atoms with Crippen LogP contribution in [0.4, 0.5) is 4.79 Å². The van der Waals surface area contributed by atoms with E-state index in [1.165, 1.54) is 0 Å². The van der Waals surface area contributed by atoms with Crippen molar-refractivity contribution in [3.63, 3.8) is 0 Å². The average molecular weight is 346 g/mol. The number of aryl methyl sites for hydroxylation is 1. The lowest BCUT2D eigenvalue weighted by molar-refractivity contribution is 0.121. The molecule has 2 aliphatic heterocycles. The summed E-state index contributed by atoms with van der Waals surface area (Å²) >= 11 is 1.62. The number of carbonyl (C=O) groups excluding carboxylic acids is 1. The minimum absolute atomic E-state index is 0.0889. The summed E-state index contributed by atoms with van der Waals surface area (Å²) in [5.74, 6) is 1.75. The molecule has 128 valence electrons. The molecule has 4 heterocycles. The van der Waals surface area contributed by atoms with Gasteiger partial charge >= 0.3 is 6.03 Å². The van der Waals surface area contributed by atoms with E-state index >= 15 is 0 Å². The Morgan fingerprint density at radius 1 is 1.42 bits per heavy atom. The van der Waals surface area contributed by atoms with E-state index in [1.54, 1.807) is 11.3 Å². The molecule has 2 aliphatic rings.